The van der Waals surface area contributed by atoms with Gasteiger partial charge in [-0.05, 0) is 45.3 Å². The van der Waals surface area contributed by atoms with Gasteiger partial charge in [-0.15, -0.1) is 0 Å². The molecular weight excluding hydrogens is 212 g/mol. The third-order valence-corrected chi connectivity index (χ3v) is 3.80. The summed E-state index contributed by atoms with van der Waals surface area (Å²) in [5, 5.41) is 10.6. The Kier molecular flexibility index (Phi) is 6.27. The minimum Gasteiger partial charge on any atom is -0.315 e. The van der Waals surface area contributed by atoms with E-state index in [0.717, 1.165) is 32.2 Å². The van der Waals surface area contributed by atoms with Crippen LogP contribution in [0, 0.1) is 0 Å². The van der Waals surface area contributed by atoms with Gasteiger partial charge in [-0.1, -0.05) is 0 Å². The molecule has 3 N–H and O–H groups in total. The standard InChI is InChI=1S/C13H28N4/c1-2-10-17-11-3-4-13(12-17)16-9-8-15-7-6-14-5-1/h13-16H,1-12H2. The number of hydrogen-bond donors (Lipinski definition) is 3. The molecular formula is C13H28N4. The molecule has 2 rings (SSSR count). The van der Waals surface area contributed by atoms with E-state index >= 15 is 0 Å². The molecule has 0 radical (unpaired) electrons. The fourth-order valence-electron chi connectivity index (χ4n) is 2.80. The summed E-state index contributed by atoms with van der Waals surface area (Å²) >= 11 is 0. The van der Waals surface area contributed by atoms with Gasteiger partial charge in [-0.3, -0.25) is 0 Å². The highest BCUT2D eigenvalue weighted by atomic mass is 15.2. The van der Waals surface area contributed by atoms with Crippen LogP contribution in [0.1, 0.15) is 25.7 Å². The second-order valence-electron chi connectivity index (χ2n) is 5.30. The number of nitrogens with one attached hydrogen (secondary N) is 3. The van der Waals surface area contributed by atoms with Gasteiger partial charge >= 0.3 is 0 Å². The molecule has 0 aromatic heterocycles. The molecule has 0 aromatic carbocycles. The van der Waals surface area contributed by atoms with Crippen molar-refractivity contribution in [2.24, 2.45) is 0 Å². The normalized spacial score (nSPS) is 33.9. The lowest BCUT2D eigenvalue weighted by atomic mass is 10.1. The first kappa shape index (κ1) is 13.3. The highest BCUT2D eigenvalue weighted by Crippen LogP contribution is 2.10. The molecule has 0 aliphatic carbocycles. The van der Waals surface area contributed by atoms with Gasteiger partial charge in [-0.2, -0.15) is 0 Å². The van der Waals surface area contributed by atoms with Crippen LogP contribution >= 0.6 is 0 Å². The number of nitrogens with zero attached hydrogens (tertiary/aromatic N) is 1. The van der Waals surface area contributed by atoms with E-state index in [1.165, 1.54) is 51.9 Å². The Balaban J connectivity index is 1.73. The molecule has 4 heteroatoms. The van der Waals surface area contributed by atoms with Crippen LogP contribution in [0.25, 0.3) is 0 Å². The topological polar surface area (TPSA) is 39.3 Å². The third kappa shape index (κ3) is 5.34. The Morgan fingerprint density at radius 3 is 2.47 bits per heavy atom. The van der Waals surface area contributed by atoms with E-state index in [0.29, 0.717) is 0 Å². The Morgan fingerprint density at radius 2 is 1.53 bits per heavy atom. The first-order chi connectivity index (χ1) is 8.45. The summed E-state index contributed by atoms with van der Waals surface area (Å²) in [6, 6.07) is 0.728. The van der Waals surface area contributed by atoms with Crippen molar-refractivity contribution < 1.29 is 0 Å². The number of rotatable bonds is 0. The van der Waals surface area contributed by atoms with E-state index in [4.69, 9.17) is 0 Å². The molecule has 2 aliphatic heterocycles. The fraction of sp³-hybridized carbons (Fsp3) is 1.00. The molecule has 2 aliphatic rings. The quantitative estimate of drug-likeness (QED) is 0.558. The second-order valence-corrected chi connectivity index (χ2v) is 5.30. The first-order valence-electron chi connectivity index (χ1n) is 7.32. The largest absolute Gasteiger partial charge is 0.315 e. The van der Waals surface area contributed by atoms with E-state index in [9.17, 15) is 0 Å². The van der Waals surface area contributed by atoms with Crippen LogP contribution in [0.2, 0.25) is 0 Å². The van der Waals surface area contributed by atoms with Gasteiger partial charge in [0.1, 0.15) is 0 Å². The molecule has 2 saturated heterocycles. The highest BCUT2D eigenvalue weighted by Gasteiger charge is 2.18. The second kappa shape index (κ2) is 8.03. The van der Waals surface area contributed by atoms with Gasteiger partial charge in [0.15, 0.2) is 0 Å². The third-order valence-electron chi connectivity index (χ3n) is 3.80. The van der Waals surface area contributed by atoms with Gasteiger partial charge in [0.2, 0.25) is 0 Å². The van der Waals surface area contributed by atoms with E-state index < -0.39 is 0 Å². The fourth-order valence-corrected chi connectivity index (χ4v) is 2.80. The molecule has 0 spiro atoms. The number of hydrogen-bond acceptors (Lipinski definition) is 4. The average molecular weight is 240 g/mol. The summed E-state index contributed by atoms with van der Waals surface area (Å²) in [4.78, 5) is 2.64. The molecule has 0 amide bonds. The zero-order valence-corrected chi connectivity index (χ0v) is 11.0. The maximum atomic E-state index is 3.68. The SMILES string of the molecule is C1CCN2CCCC(C2)NCCNCCNC1. The summed E-state index contributed by atoms with van der Waals surface area (Å²) in [5.41, 5.74) is 0. The summed E-state index contributed by atoms with van der Waals surface area (Å²) < 4.78 is 0. The summed E-state index contributed by atoms with van der Waals surface area (Å²) in [6.45, 7) is 9.44. The van der Waals surface area contributed by atoms with E-state index in [1.807, 2.05) is 0 Å². The highest BCUT2D eigenvalue weighted by molar-refractivity contribution is 4.78. The Morgan fingerprint density at radius 1 is 0.765 bits per heavy atom. The Bertz CT molecular complexity index is 180. The van der Waals surface area contributed by atoms with Crippen LogP contribution in [-0.4, -0.2) is 63.3 Å². The van der Waals surface area contributed by atoms with Gasteiger partial charge in [0, 0.05) is 38.8 Å². The molecule has 4 nitrogen and oxygen atoms in total. The van der Waals surface area contributed by atoms with Gasteiger partial charge < -0.3 is 20.9 Å². The molecule has 2 unspecified atom stereocenters. The van der Waals surface area contributed by atoms with Crippen LogP contribution in [0.4, 0.5) is 0 Å². The summed E-state index contributed by atoms with van der Waals surface area (Å²) in [5.74, 6) is 0. The lowest BCUT2D eigenvalue weighted by Gasteiger charge is -2.33. The maximum absolute atomic E-state index is 3.68. The summed E-state index contributed by atoms with van der Waals surface area (Å²) in [7, 11) is 0. The lowest BCUT2D eigenvalue weighted by molar-refractivity contribution is 0.187. The molecule has 0 saturated carbocycles. The molecule has 100 valence electrons. The van der Waals surface area contributed by atoms with Crippen molar-refractivity contribution in [2.45, 2.75) is 31.7 Å². The predicted molar refractivity (Wildman–Crippen MR) is 72.4 cm³/mol. The van der Waals surface area contributed by atoms with Crippen molar-refractivity contribution in [3.63, 3.8) is 0 Å². The van der Waals surface area contributed by atoms with E-state index in [-0.39, 0.29) is 0 Å². The predicted octanol–water partition coefficient (Wildman–Crippen LogP) is 0.0134. The molecule has 17 heavy (non-hydrogen) atoms. The van der Waals surface area contributed by atoms with Crippen LogP contribution in [0.3, 0.4) is 0 Å². The van der Waals surface area contributed by atoms with Crippen LogP contribution in [0.5, 0.6) is 0 Å². The Labute approximate surface area is 106 Å². The van der Waals surface area contributed by atoms with Gasteiger partial charge in [0.05, 0.1) is 0 Å². The summed E-state index contributed by atoms with van der Waals surface area (Å²) in [6.07, 6.45) is 5.38. The maximum Gasteiger partial charge on any atom is 0.0196 e. The van der Waals surface area contributed by atoms with E-state index in [1.54, 1.807) is 0 Å². The van der Waals surface area contributed by atoms with Crippen LogP contribution in [0.15, 0.2) is 0 Å². The molecule has 0 aromatic rings. The first-order valence-corrected chi connectivity index (χ1v) is 7.32. The lowest BCUT2D eigenvalue weighted by Crippen LogP contribution is -2.47. The smallest absolute Gasteiger partial charge is 0.0196 e. The van der Waals surface area contributed by atoms with Crippen molar-refractivity contribution in [3.05, 3.63) is 0 Å². The molecule has 2 atom stereocenters. The van der Waals surface area contributed by atoms with Gasteiger partial charge in [-0.25, -0.2) is 0 Å². The minimum absolute atomic E-state index is 0.728. The minimum atomic E-state index is 0.728. The van der Waals surface area contributed by atoms with Crippen molar-refractivity contribution in [2.75, 3.05) is 52.4 Å². The van der Waals surface area contributed by atoms with Crippen LogP contribution < -0.4 is 16.0 Å². The zero-order valence-electron chi connectivity index (χ0n) is 11.0. The molecule has 2 heterocycles. The molecule has 2 bridgehead atoms. The van der Waals surface area contributed by atoms with Crippen molar-refractivity contribution >= 4 is 0 Å². The van der Waals surface area contributed by atoms with E-state index in [2.05, 4.69) is 20.9 Å². The van der Waals surface area contributed by atoms with Crippen molar-refractivity contribution in [1.29, 1.82) is 0 Å². The Hall–Kier alpha value is -0.160. The van der Waals surface area contributed by atoms with Crippen molar-refractivity contribution in [1.82, 2.24) is 20.9 Å². The van der Waals surface area contributed by atoms with Crippen molar-refractivity contribution in [3.8, 4) is 0 Å². The van der Waals surface area contributed by atoms with Crippen LogP contribution in [-0.2, 0) is 0 Å². The zero-order chi connectivity index (χ0) is 11.8. The average Bonchev–Trinajstić information content (AvgIpc) is 2.36. The monoisotopic (exact) mass is 240 g/mol. The number of piperidine rings is 1. The van der Waals surface area contributed by atoms with Gasteiger partial charge in [0.25, 0.3) is 0 Å². The number of fused-ring (bicyclic) bond motifs is 2. The molecule has 2 fully saturated rings.